The van der Waals surface area contributed by atoms with Crippen LogP contribution in [0.4, 0.5) is 8.78 Å². The zero-order valence-corrected chi connectivity index (χ0v) is 10.5. The molecular formula is C13H15F2N3O. The molecule has 2 heterocycles. The zero-order chi connectivity index (χ0) is 13.7. The van der Waals surface area contributed by atoms with Crippen LogP contribution in [0.2, 0.25) is 0 Å². The van der Waals surface area contributed by atoms with Gasteiger partial charge in [-0.05, 0) is 0 Å². The van der Waals surface area contributed by atoms with Crippen molar-refractivity contribution in [3.63, 3.8) is 0 Å². The lowest BCUT2D eigenvalue weighted by Gasteiger charge is -2.40. The molecule has 0 radical (unpaired) electrons. The van der Waals surface area contributed by atoms with Gasteiger partial charge in [0.1, 0.15) is 0 Å². The molecule has 102 valence electrons. The van der Waals surface area contributed by atoms with Crippen LogP contribution >= 0.6 is 0 Å². The molecule has 0 aromatic heterocycles. The average Bonchev–Trinajstić information content (AvgIpc) is 3.18. The van der Waals surface area contributed by atoms with Gasteiger partial charge < -0.3 is 4.90 Å². The molecule has 0 atom stereocenters. The van der Waals surface area contributed by atoms with Gasteiger partial charge in [0, 0.05) is 45.2 Å². The molecule has 0 unspecified atom stereocenters. The van der Waals surface area contributed by atoms with Gasteiger partial charge in [0.15, 0.2) is 5.66 Å². The Morgan fingerprint density at radius 2 is 1.95 bits per heavy atom. The van der Waals surface area contributed by atoms with E-state index in [1.54, 1.807) is 0 Å². The second-order valence-corrected chi connectivity index (χ2v) is 5.80. The summed E-state index contributed by atoms with van der Waals surface area (Å²) < 4.78 is 26.0. The summed E-state index contributed by atoms with van der Waals surface area (Å²) in [5.74, 6) is -0.109. The van der Waals surface area contributed by atoms with Crippen molar-refractivity contribution in [2.75, 3.05) is 13.1 Å². The van der Waals surface area contributed by atoms with Crippen LogP contribution in [0.25, 0.3) is 0 Å². The predicted octanol–water partition coefficient (Wildman–Crippen LogP) is 2.21. The molecule has 4 nitrogen and oxygen atoms in total. The molecule has 0 N–H and O–H groups in total. The second-order valence-electron chi connectivity index (χ2n) is 5.80. The number of terminal acetylenes is 1. The summed E-state index contributed by atoms with van der Waals surface area (Å²) in [6, 6.07) is 0. The van der Waals surface area contributed by atoms with Gasteiger partial charge in [0.2, 0.25) is 5.91 Å². The van der Waals surface area contributed by atoms with Gasteiger partial charge in [-0.2, -0.15) is 10.2 Å². The third-order valence-corrected chi connectivity index (χ3v) is 4.34. The first-order valence-electron chi connectivity index (χ1n) is 6.45. The van der Waals surface area contributed by atoms with Gasteiger partial charge in [-0.15, -0.1) is 12.3 Å². The molecule has 19 heavy (non-hydrogen) atoms. The standard InChI is InChI=1S/C13H15F2N3O/c1-2-3-5-12(16-17-12)6-4-10(19)18-8-11(9-18)7-13(11,14)15/h1H,3-9H2. The Kier molecular flexibility index (Phi) is 2.47. The van der Waals surface area contributed by atoms with Crippen molar-refractivity contribution in [3.05, 3.63) is 0 Å². The van der Waals surface area contributed by atoms with Gasteiger partial charge in [-0.3, -0.25) is 4.79 Å². The molecule has 1 amide bonds. The highest BCUT2D eigenvalue weighted by molar-refractivity contribution is 5.77. The Hall–Kier alpha value is -1.51. The van der Waals surface area contributed by atoms with E-state index in [-0.39, 0.29) is 25.4 Å². The van der Waals surface area contributed by atoms with Gasteiger partial charge >= 0.3 is 0 Å². The number of amides is 1. The van der Waals surface area contributed by atoms with E-state index in [1.807, 2.05) is 0 Å². The molecule has 2 aliphatic heterocycles. The lowest BCUT2D eigenvalue weighted by Crippen LogP contribution is -2.54. The molecule has 1 spiro atoms. The quantitative estimate of drug-likeness (QED) is 0.704. The minimum Gasteiger partial charge on any atom is -0.341 e. The number of nitrogens with zero attached hydrogens (tertiary/aromatic N) is 3. The molecule has 3 rings (SSSR count). The number of carbonyl (C=O) groups excluding carboxylic acids is 1. The highest BCUT2D eigenvalue weighted by atomic mass is 19.3. The highest BCUT2D eigenvalue weighted by Crippen LogP contribution is 2.65. The SMILES string of the molecule is C#CCCC1(CCC(=O)N2CC3(C2)CC3(F)F)N=N1. The normalized spacial score (nSPS) is 26.7. The summed E-state index contributed by atoms with van der Waals surface area (Å²) in [5.41, 5.74) is -1.35. The number of hydrogen-bond donors (Lipinski definition) is 0. The maximum absolute atomic E-state index is 13.0. The second kappa shape index (κ2) is 3.75. The molecule has 1 saturated carbocycles. The largest absolute Gasteiger partial charge is 0.341 e. The smallest absolute Gasteiger partial charge is 0.258 e. The maximum atomic E-state index is 13.0. The van der Waals surface area contributed by atoms with Gasteiger partial charge in [0.25, 0.3) is 5.92 Å². The first kappa shape index (κ1) is 12.5. The number of likely N-dealkylation sites (tertiary alicyclic amines) is 1. The molecule has 6 heteroatoms. The van der Waals surface area contributed by atoms with Crippen molar-refractivity contribution in [3.8, 4) is 12.3 Å². The molecule has 1 aliphatic carbocycles. The van der Waals surface area contributed by atoms with E-state index in [0.29, 0.717) is 25.7 Å². The summed E-state index contributed by atoms with van der Waals surface area (Å²) in [4.78, 5) is 13.4. The van der Waals surface area contributed by atoms with Crippen molar-refractivity contribution in [2.24, 2.45) is 15.6 Å². The monoisotopic (exact) mass is 267 g/mol. The van der Waals surface area contributed by atoms with Crippen molar-refractivity contribution in [2.45, 2.75) is 43.7 Å². The minimum absolute atomic E-state index is 0.0689. The molecule has 1 saturated heterocycles. The van der Waals surface area contributed by atoms with Crippen molar-refractivity contribution >= 4 is 5.91 Å². The third-order valence-electron chi connectivity index (χ3n) is 4.34. The first-order valence-corrected chi connectivity index (χ1v) is 6.45. The summed E-state index contributed by atoms with van der Waals surface area (Å²) in [5, 5.41) is 7.90. The maximum Gasteiger partial charge on any atom is 0.258 e. The fourth-order valence-electron chi connectivity index (χ4n) is 2.72. The summed E-state index contributed by atoms with van der Waals surface area (Å²) in [6.07, 6.45) is 7.20. The van der Waals surface area contributed by atoms with Crippen LogP contribution in [0, 0.1) is 17.8 Å². The van der Waals surface area contributed by atoms with E-state index in [2.05, 4.69) is 16.1 Å². The van der Waals surface area contributed by atoms with Crippen molar-refractivity contribution < 1.29 is 13.6 Å². The number of hydrogen-bond acceptors (Lipinski definition) is 3. The van der Waals surface area contributed by atoms with Crippen LogP contribution in [-0.2, 0) is 4.79 Å². The van der Waals surface area contributed by atoms with Crippen LogP contribution < -0.4 is 0 Å². The highest BCUT2D eigenvalue weighted by Gasteiger charge is 2.76. The van der Waals surface area contributed by atoms with E-state index >= 15 is 0 Å². The van der Waals surface area contributed by atoms with E-state index in [9.17, 15) is 13.6 Å². The fraction of sp³-hybridized carbons (Fsp3) is 0.769. The topological polar surface area (TPSA) is 45.0 Å². The molecular weight excluding hydrogens is 252 g/mol. The third kappa shape index (κ3) is 2.01. The fourth-order valence-corrected chi connectivity index (χ4v) is 2.72. The summed E-state index contributed by atoms with van der Waals surface area (Å²) in [6.45, 7) is 0.398. The van der Waals surface area contributed by atoms with Crippen LogP contribution in [-0.4, -0.2) is 35.5 Å². The number of rotatable bonds is 5. The van der Waals surface area contributed by atoms with Crippen molar-refractivity contribution in [1.82, 2.24) is 4.90 Å². The molecule has 0 aromatic rings. The zero-order valence-electron chi connectivity index (χ0n) is 10.5. The molecule has 3 aliphatic rings. The lowest BCUT2D eigenvalue weighted by atomic mass is 9.94. The lowest BCUT2D eigenvalue weighted by molar-refractivity contribution is -0.142. The predicted molar refractivity (Wildman–Crippen MR) is 63.5 cm³/mol. The molecule has 0 aromatic carbocycles. The van der Waals surface area contributed by atoms with Crippen LogP contribution in [0.3, 0.4) is 0 Å². The van der Waals surface area contributed by atoms with E-state index in [0.717, 1.165) is 0 Å². The molecule has 2 fully saturated rings. The minimum atomic E-state index is -2.56. The number of carbonyl (C=O) groups is 1. The van der Waals surface area contributed by atoms with Gasteiger partial charge in [-0.1, -0.05) is 0 Å². The van der Waals surface area contributed by atoms with Crippen molar-refractivity contribution in [1.29, 1.82) is 0 Å². The average molecular weight is 267 g/mol. The Morgan fingerprint density at radius 3 is 2.42 bits per heavy atom. The molecule has 0 bridgehead atoms. The van der Waals surface area contributed by atoms with E-state index in [4.69, 9.17) is 6.42 Å². The van der Waals surface area contributed by atoms with Crippen LogP contribution in [0.5, 0.6) is 0 Å². The Morgan fingerprint density at radius 1 is 1.32 bits per heavy atom. The van der Waals surface area contributed by atoms with E-state index < -0.39 is 17.0 Å². The van der Waals surface area contributed by atoms with E-state index in [1.165, 1.54) is 4.90 Å². The number of alkyl halides is 2. The van der Waals surface area contributed by atoms with Crippen LogP contribution in [0.15, 0.2) is 10.2 Å². The summed E-state index contributed by atoms with van der Waals surface area (Å²) in [7, 11) is 0. The number of halogens is 2. The van der Waals surface area contributed by atoms with Gasteiger partial charge in [-0.25, -0.2) is 8.78 Å². The Labute approximate surface area is 110 Å². The Bertz CT molecular complexity index is 483. The summed E-state index contributed by atoms with van der Waals surface area (Å²) >= 11 is 0. The van der Waals surface area contributed by atoms with Crippen LogP contribution in [0.1, 0.15) is 32.1 Å². The first-order chi connectivity index (χ1) is 8.92. The van der Waals surface area contributed by atoms with Gasteiger partial charge in [0.05, 0.1) is 5.41 Å². The Balaban J connectivity index is 1.41.